The third-order valence-electron chi connectivity index (χ3n) is 1.76. The Bertz CT molecular complexity index is 549. The number of rotatable bonds is 4. The number of sulfonamides is 1. The Kier molecular flexibility index (Phi) is 4.38. The van der Waals surface area contributed by atoms with E-state index in [1.54, 1.807) is 14.1 Å². The molecule has 0 saturated heterocycles. The third-order valence-corrected chi connectivity index (χ3v) is 3.21. The lowest BCUT2D eigenvalue weighted by Gasteiger charge is -2.04. The number of nitrogens with one attached hydrogen (secondary N) is 1. The van der Waals surface area contributed by atoms with Crippen molar-refractivity contribution in [2.24, 2.45) is 10.3 Å². The summed E-state index contributed by atoms with van der Waals surface area (Å²) >= 11 is 0. The van der Waals surface area contributed by atoms with E-state index in [-0.39, 0.29) is 4.90 Å². The molecule has 0 heterocycles. The molecule has 1 aromatic carbocycles. The van der Waals surface area contributed by atoms with Crippen LogP contribution >= 0.6 is 0 Å². The number of carbonyl (C=O) groups excluding carboxylic acids is 1. The minimum atomic E-state index is -3.79. The Labute approximate surface area is 106 Å². The van der Waals surface area contributed by atoms with Crippen LogP contribution in [0.5, 0.6) is 0 Å². The molecule has 0 unspecified atom stereocenters. The largest absolute Gasteiger partial charge is 0.285 e. The van der Waals surface area contributed by atoms with Gasteiger partial charge in [0.2, 0.25) is 5.91 Å². The lowest BCUT2D eigenvalue weighted by Crippen LogP contribution is -2.28. The number of hydrogen-bond donors (Lipinski definition) is 1. The standard InChI is InChI=1S/C10H14N4O3S/c1-8(15)12-18(16,17)10-6-4-9(5-7-10)11-13-14(2)3/h4-7H,1-3H3,(H,12,15). The van der Waals surface area contributed by atoms with Crippen molar-refractivity contribution in [3.8, 4) is 0 Å². The van der Waals surface area contributed by atoms with Crippen LogP contribution in [0.15, 0.2) is 39.5 Å². The van der Waals surface area contributed by atoms with E-state index in [0.717, 1.165) is 6.92 Å². The first-order chi connectivity index (χ1) is 8.31. The predicted molar refractivity (Wildman–Crippen MR) is 65.6 cm³/mol. The van der Waals surface area contributed by atoms with Crippen molar-refractivity contribution in [2.45, 2.75) is 11.8 Å². The Hall–Kier alpha value is -1.96. The highest BCUT2D eigenvalue weighted by molar-refractivity contribution is 7.90. The summed E-state index contributed by atoms with van der Waals surface area (Å²) in [6.07, 6.45) is 0. The molecule has 0 bridgehead atoms. The average molecular weight is 270 g/mol. The van der Waals surface area contributed by atoms with Crippen LogP contribution in [0.3, 0.4) is 0 Å². The van der Waals surface area contributed by atoms with Crippen LogP contribution in [-0.4, -0.2) is 33.4 Å². The van der Waals surface area contributed by atoms with Gasteiger partial charge in [0.1, 0.15) is 0 Å². The fourth-order valence-electron chi connectivity index (χ4n) is 1.08. The molecule has 0 fully saturated rings. The maximum Gasteiger partial charge on any atom is 0.264 e. The molecule has 0 aliphatic rings. The topological polar surface area (TPSA) is 91.2 Å². The molecule has 0 saturated carbocycles. The van der Waals surface area contributed by atoms with Crippen molar-refractivity contribution in [1.82, 2.24) is 9.73 Å². The van der Waals surface area contributed by atoms with Crippen LogP contribution in [0.25, 0.3) is 0 Å². The highest BCUT2D eigenvalue weighted by Gasteiger charge is 2.14. The molecule has 0 spiro atoms. The Morgan fingerprint density at radius 2 is 1.78 bits per heavy atom. The van der Waals surface area contributed by atoms with E-state index < -0.39 is 15.9 Å². The summed E-state index contributed by atoms with van der Waals surface area (Å²) in [5, 5.41) is 9.15. The minimum Gasteiger partial charge on any atom is -0.285 e. The lowest BCUT2D eigenvalue weighted by molar-refractivity contribution is -0.117. The van der Waals surface area contributed by atoms with Gasteiger partial charge in [-0.1, -0.05) is 5.22 Å². The number of amides is 1. The van der Waals surface area contributed by atoms with Crippen LogP contribution in [0.4, 0.5) is 5.69 Å². The zero-order chi connectivity index (χ0) is 13.8. The van der Waals surface area contributed by atoms with Gasteiger partial charge in [0.25, 0.3) is 10.0 Å². The highest BCUT2D eigenvalue weighted by atomic mass is 32.2. The third kappa shape index (κ3) is 4.13. The summed E-state index contributed by atoms with van der Waals surface area (Å²) in [4.78, 5) is 10.7. The van der Waals surface area contributed by atoms with Gasteiger partial charge in [0, 0.05) is 21.0 Å². The quantitative estimate of drug-likeness (QED) is 0.654. The van der Waals surface area contributed by atoms with E-state index >= 15 is 0 Å². The highest BCUT2D eigenvalue weighted by Crippen LogP contribution is 2.16. The molecule has 0 aliphatic carbocycles. The molecule has 1 aromatic rings. The molecule has 1 N–H and O–H groups in total. The van der Waals surface area contributed by atoms with Crippen molar-refractivity contribution >= 4 is 21.6 Å². The maximum absolute atomic E-state index is 11.6. The molecule has 7 nitrogen and oxygen atoms in total. The van der Waals surface area contributed by atoms with E-state index in [0.29, 0.717) is 5.69 Å². The maximum atomic E-state index is 11.6. The van der Waals surface area contributed by atoms with Crippen molar-refractivity contribution in [2.75, 3.05) is 14.1 Å². The van der Waals surface area contributed by atoms with Crippen LogP contribution < -0.4 is 4.72 Å². The summed E-state index contributed by atoms with van der Waals surface area (Å²) in [6, 6.07) is 5.72. The number of nitrogens with zero attached hydrogens (tertiary/aromatic N) is 3. The fraction of sp³-hybridized carbons (Fsp3) is 0.300. The second-order valence-corrected chi connectivity index (χ2v) is 5.37. The van der Waals surface area contributed by atoms with Gasteiger partial charge < -0.3 is 0 Å². The van der Waals surface area contributed by atoms with Crippen molar-refractivity contribution in [1.29, 1.82) is 0 Å². The second kappa shape index (κ2) is 5.58. The van der Waals surface area contributed by atoms with E-state index in [4.69, 9.17) is 0 Å². The Morgan fingerprint density at radius 3 is 2.22 bits per heavy atom. The van der Waals surface area contributed by atoms with Gasteiger partial charge in [0.05, 0.1) is 10.6 Å². The molecule has 1 rings (SSSR count). The van der Waals surface area contributed by atoms with Gasteiger partial charge in [0.15, 0.2) is 0 Å². The first kappa shape index (κ1) is 14.1. The predicted octanol–water partition coefficient (Wildman–Crippen LogP) is 1.07. The smallest absolute Gasteiger partial charge is 0.264 e. The Morgan fingerprint density at radius 1 is 1.22 bits per heavy atom. The normalized spacial score (nSPS) is 11.5. The molecule has 0 aliphatic heterocycles. The van der Waals surface area contributed by atoms with Crippen molar-refractivity contribution in [3.05, 3.63) is 24.3 Å². The summed E-state index contributed by atoms with van der Waals surface area (Å²) in [6.45, 7) is 1.14. The van der Waals surface area contributed by atoms with Crippen molar-refractivity contribution < 1.29 is 13.2 Å². The zero-order valence-corrected chi connectivity index (χ0v) is 11.1. The van der Waals surface area contributed by atoms with Gasteiger partial charge in [-0.25, -0.2) is 13.1 Å². The summed E-state index contributed by atoms with van der Waals surface area (Å²) in [5.74, 6) is -0.633. The van der Waals surface area contributed by atoms with Crippen LogP contribution in [-0.2, 0) is 14.8 Å². The lowest BCUT2D eigenvalue weighted by atomic mass is 10.3. The van der Waals surface area contributed by atoms with Gasteiger partial charge in [-0.15, -0.1) is 5.11 Å². The first-order valence-electron chi connectivity index (χ1n) is 5.04. The minimum absolute atomic E-state index is 0.00139. The number of hydrogen-bond acceptors (Lipinski definition) is 5. The average Bonchev–Trinajstić information content (AvgIpc) is 2.25. The van der Waals surface area contributed by atoms with Crippen molar-refractivity contribution in [3.63, 3.8) is 0 Å². The molecule has 0 aromatic heterocycles. The molecule has 18 heavy (non-hydrogen) atoms. The number of benzene rings is 1. The van der Waals surface area contributed by atoms with Gasteiger partial charge >= 0.3 is 0 Å². The van der Waals surface area contributed by atoms with E-state index in [1.807, 2.05) is 4.72 Å². The summed E-state index contributed by atoms with van der Waals surface area (Å²) < 4.78 is 25.1. The van der Waals surface area contributed by atoms with Gasteiger partial charge in [-0.05, 0) is 24.3 Å². The van der Waals surface area contributed by atoms with E-state index in [2.05, 4.69) is 10.3 Å². The molecule has 1 amide bonds. The van der Waals surface area contributed by atoms with Crippen LogP contribution in [0, 0.1) is 0 Å². The molecule has 0 radical (unpaired) electrons. The summed E-state index contributed by atoms with van der Waals surface area (Å²) in [7, 11) is -0.347. The van der Waals surface area contributed by atoms with Crippen LogP contribution in [0.1, 0.15) is 6.92 Å². The van der Waals surface area contributed by atoms with E-state index in [9.17, 15) is 13.2 Å². The van der Waals surface area contributed by atoms with Gasteiger partial charge in [-0.3, -0.25) is 9.80 Å². The molecular formula is C10H14N4O3S. The molecule has 0 atom stereocenters. The Balaban J connectivity index is 2.93. The second-order valence-electron chi connectivity index (χ2n) is 3.69. The monoisotopic (exact) mass is 270 g/mol. The summed E-state index contributed by atoms with van der Waals surface area (Å²) in [5.41, 5.74) is 0.519. The molecule has 98 valence electrons. The van der Waals surface area contributed by atoms with Crippen LogP contribution in [0.2, 0.25) is 0 Å². The van der Waals surface area contributed by atoms with E-state index in [1.165, 1.54) is 29.3 Å². The molecule has 8 heteroatoms. The van der Waals surface area contributed by atoms with Gasteiger partial charge in [-0.2, -0.15) is 0 Å². The first-order valence-corrected chi connectivity index (χ1v) is 6.52. The number of carbonyl (C=O) groups is 1. The zero-order valence-electron chi connectivity index (χ0n) is 10.3. The fourth-order valence-corrected chi connectivity index (χ4v) is 2.07. The molecular weight excluding hydrogens is 256 g/mol. The SMILES string of the molecule is CC(=O)NS(=O)(=O)c1ccc(N=NN(C)C)cc1.